The summed E-state index contributed by atoms with van der Waals surface area (Å²) < 4.78 is 0. The molecule has 1 aromatic carbocycles. The molecule has 2 heterocycles. The van der Waals surface area contributed by atoms with Crippen molar-refractivity contribution in [3.8, 4) is 0 Å². The highest BCUT2D eigenvalue weighted by atomic mass is 32.2. The van der Waals surface area contributed by atoms with E-state index in [2.05, 4.69) is 4.99 Å². The number of aliphatic imine (C=N–C) groups is 1. The average Bonchev–Trinajstić information content (AvgIpc) is 2.63. The number of carbonyl (C=O) groups is 1. The SMILES string of the molecule is CC[C@@H]1SC2=Nc3ccccc3CN2C1=O. The van der Waals surface area contributed by atoms with E-state index in [1.165, 1.54) is 0 Å². The van der Waals surface area contributed by atoms with Gasteiger partial charge in [-0.15, -0.1) is 0 Å². The van der Waals surface area contributed by atoms with E-state index >= 15 is 0 Å². The Balaban J connectivity index is 2.01. The first-order valence-electron chi connectivity index (χ1n) is 5.44. The second-order valence-corrected chi connectivity index (χ2v) is 5.13. The maximum absolute atomic E-state index is 12.0. The smallest absolute Gasteiger partial charge is 0.242 e. The molecule has 0 aromatic heterocycles. The molecule has 1 atom stereocenters. The van der Waals surface area contributed by atoms with Gasteiger partial charge in [0, 0.05) is 0 Å². The Kier molecular flexibility index (Phi) is 2.24. The van der Waals surface area contributed by atoms with Gasteiger partial charge in [0.1, 0.15) is 0 Å². The third kappa shape index (κ3) is 1.37. The van der Waals surface area contributed by atoms with Crippen LogP contribution in [-0.2, 0) is 11.3 Å². The van der Waals surface area contributed by atoms with Crippen LogP contribution in [0.2, 0.25) is 0 Å². The second-order valence-electron chi connectivity index (χ2n) is 3.96. The molecule has 0 radical (unpaired) electrons. The van der Waals surface area contributed by atoms with Gasteiger partial charge in [-0.3, -0.25) is 9.69 Å². The number of fused-ring (bicyclic) bond motifs is 2. The van der Waals surface area contributed by atoms with Crippen LogP contribution >= 0.6 is 11.8 Å². The Morgan fingerprint density at radius 3 is 3.12 bits per heavy atom. The molecular formula is C12H12N2OS. The van der Waals surface area contributed by atoms with Gasteiger partial charge in [-0.25, -0.2) is 4.99 Å². The molecule has 4 heteroatoms. The molecule has 0 unspecified atom stereocenters. The maximum atomic E-state index is 12.0. The first kappa shape index (κ1) is 9.90. The van der Waals surface area contributed by atoms with Gasteiger partial charge in [0.15, 0.2) is 5.17 Å². The van der Waals surface area contributed by atoms with Gasteiger partial charge in [0.05, 0.1) is 17.5 Å². The zero-order valence-corrected chi connectivity index (χ0v) is 9.83. The summed E-state index contributed by atoms with van der Waals surface area (Å²) >= 11 is 1.59. The lowest BCUT2D eigenvalue weighted by Gasteiger charge is -2.21. The van der Waals surface area contributed by atoms with E-state index in [-0.39, 0.29) is 11.2 Å². The molecule has 2 aliphatic rings. The van der Waals surface area contributed by atoms with E-state index in [0.717, 1.165) is 22.8 Å². The molecular weight excluding hydrogens is 220 g/mol. The fourth-order valence-electron chi connectivity index (χ4n) is 2.03. The van der Waals surface area contributed by atoms with Crippen molar-refractivity contribution < 1.29 is 4.79 Å². The van der Waals surface area contributed by atoms with Crippen LogP contribution in [0.5, 0.6) is 0 Å². The van der Waals surface area contributed by atoms with E-state index in [1.807, 2.05) is 31.2 Å². The van der Waals surface area contributed by atoms with E-state index in [0.29, 0.717) is 6.54 Å². The van der Waals surface area contributed by atoms with Crippen LogP contribution in [0, 0.1) is 0 Å². The predicted octanol–water partition coefficient (Wildman–Crippen LogP) is 2.54. The summed E-state index contributed by atoms with van der Waals surface area (Å²) in [5, 5.41) is 0.934. The Morgan fingerprint density at radius 1 is 1.50 bits per heavy atom. The fourth-order valence-corrected chi connectivity index (χ4v) is 3.11. The Morgan fingerprint density at radius 2 is 2.31 bits per heavy atom. The van der Waals surface area contributed by atoms with Crippen molar-refractivity contribution in [2.45, 2.75) is 25.1 Å². The van der Waals surface area contributed by atoms with Gasteiger partial charge in [-0.05, 0) is 18.1 Å². The molecule has 16 heavy (non-hydrogen) atoms. The van der Waals surface area contributed by atoms with Gasteiger partial charge in [-0.1, -0.05) is 36.9 Å². The van der Waals surface area contributed by atoms with Crippen LogP contribution < -0.4 is 0 Å². The zero-order chi connectivity index (χ0) is 11.1. The molecule has 0 aliphatic carbocycles. The number of para-hydroxylation sites is 1. The van der Waals surface area contributed by atoms with Crippen LogP contribution in [0.4, 0.5) is 5.69 Å². The van der Waals surface area contributed by atoms with E-state index in [4.69, 9.17) is 0 Å². The van der Waals surface area contributed by atoms with Gasteiger partial charge in [-0.2, -0.15) is 0 Å². The van der Waals surface area contributed by atoms with Crippen LogP contribution in [-0.4, -0.2) is 21.2 Å². The summed E-state index contributed by atoms with van der Waals surface area (Å²) in [5.41, 5.74) is 2.14. The molecule has 0 saturated carbocycles. The highest BCUT2D eigenvalue weighted by Crippen LogP contribution is 2.37. The maximum Gasteiger partial charge on any atom is 0.242 e. The molecule has 0 spiro atoms. The number of amidine groups is 1. The molecule has 2 aliphatic heterocycles. The topological polar surface area (TPSA) is 32.7 Å². The Bertz CT molecular complexity index is 484. The molecule has 0 N–H and O–H groups in total. The third-order valence-electron chi connectivity index (χ3n) is 2.93. The standard InChI is InChI=1S/C12H12N2OS/c1-2-10-11(15)14-7-8-5-3-4-6-9(8)13-12(14)16-10/h3-6,10H,2,7H2,1H3/t10-/m0/s1. The number of thioether (sulfide) groups is 1. The third-order valence-corrected chi connectivity index (χ3v) is 4.27. The van der Waals surface area contributed by atoms with Crippen LogP contribution in [0.1, 0.15) is 18.9 Å². The van der Waals surface area contributed by atoms with Crippen molar-refractivity contribution in [3.63, 3.8) is 0 Å². The summed E-state index contributed by atoms with van der Waals surface area (Å²) in [7, 11) is 0. The van der Waals surface area contributed by atoms with Crippen molar-refractivity contribution in [3.05, 3.63) is 29.8 Å². The highest BCUT2D eigenvalue weighted by Gasteiger charge is 2.38. The average molecular weight is 232 g/mol. The molecule has 3 rings (SSSR count). The minimum atomic E-state index is 0.0630. The van der Waals surface area contributed by atoms with E-state index < -0.39 is 0 Å². The lowest BCUT2D eigenvalue weighted by atomic mass is 10.1. The van der Waals surface area contributed by atoms with Crippen LogP contribution in [0.25, 0.3) is 0 Å². The number of hydrogen-bond acceptors (Lipinski definition) is 3. The van der Waals surface area contributed by atoms with Crippen molar-refractivity contribution in [1.82, 2.24) is 4.90 Å². The lowest BCUT2D eigenvalue weighted by molar-refractivity contribution is -0.126. The summed E-state index contributed by atoms with van der Waals surface area (Å²) in [6, 6.07) is 8.01. The Hall–Kier alpha value is -1.29. The second kappa shape index (κ2) is 3.63. The number of rotatable bonds is 1. The van der Waals surface area contributed by atoms with E-state index in [9.17, 15) is 4.79 Å². The quantitative estimate of drug-likeness (QED) is 0.745. The molecule has 3 nitrogen and oxygen atoms in total. The van der Waals surface area contributed by atoms with Gasteiger partial charge < -0.3 is 0 Å². The molecule has 0 bridgehead atoms. The van der Waals surface area contributed by atoms with Crippen LogP contribution in [0.3, 0.4) is 0 Å². The molecule has 1 fully saturated rings. The zero-order valence-electron chi connectivity index (χ0n) is 9.01. The van der Waals surface area contributed by atoms with E-state index in [1.54, 1.807) is 16.7 Å². The number of carbonyl (C=O) groups excluding carboxylic acids is 1. The lowest BCUT2D eigenvalue weighted by Crippen LogP contribution is -2.32. The minimum absolute atomic E-state index is 0.0630. The molecule has 1 amide bonds. The molecule has 1 saturated heterocycles. The normalized spacial score (nSPS) is 22.8. The monoisotopic (exact) mass is 232 g/mol. The van der Waals surface area contributed by atoms with Crippen molar-refractivity contribution in [2.24, 2.45) is 4.99 Å². The Labute approximate surface area is 98.5 Å². The first-order valence-corrected chi connectivity index (χ1v) is 6.32. The largest absolute Gasteiger partial charge is 0.286 e. The minimum Gasteiger partial charge on any atom is -0.286 e. The van der Waals surface area contributed by atoms with Gasteiger partial charge in [0.25, 0.3) is 0 Å². The number of nitrogens with zero attached hydrogens (tertiary/aromatic N) is 2. The number of amides is 1. The summed E-state index contributed by atoms with van der Waals surface area (Å²) in [5.74, 6) is 0.209. The molecule has 82 valence electrons. The van der Waals surface area contributed by atoms with Crippen molar-refractivity contribution in [1.29, 1.82) is 0 Å². The van der Waals surface area contributed by atoms with Crippen molar-refractivity contribution >= 4 is 28.5 Å². The van der Waals surface area contributed by atoms with Gasteiger partial charge in [0.2, 0.25) is 5.91 Å². The summed E-state index contributed by atoms with van der Waals surface area (Å²) in [4.78, 5) is 18.4. The highest BCUT2D eigenvalue weighted by molar-refractivity contribution is 8.15. The number of benzene rings is 1. The molecule has 1 aromatic rings. The fraction of sp³-hybridized carbons (Fsp3) is 0.333. The van der Waals surface area contributed by atoms with Gasteiger partial charge >= 0.3 is 0 Å². The van der Waals surface area contributed by atoms with Crippen LogP contribution in [0.15, 0.2) is 29.3 Å². The predicted molar refractivity (Wildman–Crippen MR) is 65.8 cm³/mol. The summed E-state index contributed by atoms with van der Waals surface area (Å²) in [6.07, 6.45) is 0.870. The van der Waals surface area contributed by atoms with Crippen molar-refractivity contribution in [2.75, 3.05) is 0 Å². The first-order chi connectivity index (χ1) is 7.79. The number of hydrogen-bond donors (Lipinski definition) is 0. The summed E-state index contributed by atoms with van der Waals surface area (Å²) in [6.45, 7) is 2.72.